The number of hydrogen-bond donors (Lipinski definition) is 0. The number of halogens is 1. The maximum Gasteiger partial charge on any atom is 0.360 e. The number of nitrogens with zero attached hydrogens (tertiary/aromatic N) is 1. The number of carbonyl (C=O) groups excluding carboxylic acids is 1. The Balaban J connectivity index is 2.09. The van der Waals surface area contributed by atoms with Crippen LogP contribution in [0.1, 0.15) is 28.7 Å². The number of carbonyl (C=O) groups is 1. The number of aromatic nitrogens is 1. The van der Waals surface area contributed by atoms with E-state index in [9.17, 15) is 4.79 Å². The predicted molar refractivity (Wildman–Crippen MR) is 72.8 cm³/mol. The van der Waals surface area contributed by atoms with Crippen LogP contribution in [0.5, 0.6) is 0 Å². The monoisotopic (exact) mass is 277 g/mol. The van der Waals surface area contributed by atoms with Gasteiger partial charge in [0.25, 0.3) is 0 Å². The minimum absolute atomic E-state index is 0.160. The zero-order chi connectivity index (χ0) is 13.7. The highest BCUT2D eigenvalue weighted by Crippen LogP contribution is 2.14. The van der Waals surface area contributed by atoms with Gasteiger partial charge in [-0.25, -0.2) is 4.79 Å². The molecule has 19 heavy (non-hydrogen) atoms. The molecule has 0 radical (unpaired) electrons. The maximum atomic E-state index is 11.4. The van der Waals surface area contributed by atoms with E-state index >= 15 is 0 Å². The lowest BCUT2D eigenvalue weighted by Crippen LogP contribution is -2.04. The number of rotatable bonds is 4. The fourth-order valence-electron chi connectivity index (χ4n) is 1.46. The van der Waals surface area contributed by atoms with Crippen molar-refractivity contribution in [2.45, 2.75) is 6.92 Å². The quantitative estimate of drug-likeness (QED) is 0.800. The molecular formula is C14H12ClNO3. The average Bonchev–Trinajstić information content (AvgIpc) is 2.86. The van der Waals surface area contributed by atoms with Gasteiger partial charge in [-0.1, -0.05) is 35.0 Å². The molecule has 0 N–H and O–H groups in total. The molecule has 0 atom stereocenters. The molecule has 0 saturated carbocycles. The Hall–Kier alpha value is -2.07. The van der Waals surface area contributed by atoms with Crippen molar-refractivity contribution >= 4 is 29.7 Å². The molecule has 5 heteroatoms. The molecule has 1 heterocycles. The van der Waals surface area contributed by atoms with E-state index in [-0.39, 0.29) is 5.69 Å². The lowest BCUT2D eigenvalue weighted by atomic mass is 10.2. The van der Waals surface area contributed by atoms with Crippen molar-refractivity contribution in [2.75, 3.05) is 6.61 Å². The van der Waals surface area contributed by atoms with Crippen LogP contribution in [0, 0.1) is 0 Å². The molecule has 0 unspecified atom stereocenters. The second-order valence-electron chi connectivity index (χ2n) is 3.72. The molecule has 1 aromatic heterocycles. The van der Waals surface area contributed by atoms with Crippen molar-refractivity contribution in [2.24, 2.45) is 0 Å². The summed E-state index contributed by atoms with van der Waals surface area (Å²) in [5.41, 5.74) is 1.09. The summed E-state index contributed by atoms with van der Waals surface area (Å²) in [4.78, 5) is 11.4. The van der Waals surface area contributed by atoms with E-state index in [1.54, 1.807) is 19.1 Å². The van der Waals surface area contributed by atoms with Gasteiger partial charge in [-0.2, -0.15) is 0 Å². The Kier molecular flexibility index (Phi) is 4.36. The smallest absolute Gasteiger partial charge is 0.360 e. The average molecular weight is 278 g/mol. The van der Waals surface area contributed by atoms with Gasteiger partial charge in [0, 0.05) is 11.1 Å². The van der Waals surface area contributed by atoms with Gasteiger partial charge in [-0.05, 0) is 30.7 Å². The summed E-state index contributed by atoms with van der Waals surface area (Å²) < 4.78 is 9.83. The van der Waals surface area contributed by atoms with Crippen molar-refractivity contribution in [3.63, 3.8) is 0 Å². The first-order valence-electron chi connectivity index (χ1n) is 5.76. The standard InChI is InChI=1S/C14H12ClNO3/c1-2-18-14(17)13-9-12(19-16-13)7-6-10-4-3-5-11(15)8-10/h3-9H,2H2,1H3/b7-6+. The van der Waals surface area contributed by atoms with Gasteiger partial charge < -0.3 is 9.26 Å². The van der Waals surface area contributed by atoms with Crippen LogP contribution in [-0.4, -0.2) is 17.7 Å². The molecule has 0 saturated heterocycles. The topological polar surface area (TPSA) is 52.3 Å². The number of benzene rings is 1. The van der Waals surface area contributed by atoms with E-state index in [1.807, 2.05) is 24.3 Å². The van der Waals surface area contributed by atoms with Crippen molar-refractivity contribution in [1.29, 1.82) is 0 Å². The maximum absolute atomic E-state index is 11.4. The van der Waals surface area contributed by atoms with Crippen molar-refractivity contribution in [3.8, 4) is 0 Å². The van der Waals surface area contributed by atoms with Gasteiger partial charge in [0.15, 0.2) is 11.5 Å². The predicted octanol–water partition coefficient (Wildman–Crippen LogP) is 3.68. The first kappa shape index (κ1) is 13.4. The van der Waals surface area contributed by atoms with Gasteiger partial charge in [0.1, 0.15) is 0 Å². The van der Waals surface area contributed by atoms with E-state index in [4.69, 9.17) is 20.9 Å². The van der Waals surface area contributed by atoms with E-state index in [2.05, 4.69) is 5.16 Å². The summed E-state index contributed by atoms with van der Waals surface area (Å²) in [6.07, 6.45) is 3.53. The number of esters is 1. The lowest BCUT2D eigenvalue weighted by molar-refractivity contribution is 0.0514. The summed E-state index contributed by atoms with van der Waals surface area (Å²) in [6.45, 7) is 2.04. The second kappa shape index (κ2) is 6.20. The Morgan fingerprint density at radius 1 is 1.42 bits per heavy atom. The van der Waals surface area contributed by atoms with E-state index in [1.165, 1.54) is 6.07 Å². The highest BCUT2D eigenvalue weighted by atomic mass is 35.5. The molecule has 0 aliphatic heterocycles. The van der Waals surface area contributed by atoms with Gasteiger partial charge in [-0.15, -0.1) is 0 Å². The number of hydrogen-bond acceptors (Lipinski definition) is 4. The highest BCUT2D eigenvalue weighted by molar-refractivity contribution is 6.30. The Morgan fingerprint density at radius 3 is 3.00 bits per heavy atom. The Bertz CT molecular complexity index is 604. The molecule has 2 aromatic rings. The SMILES string of the molecule is CCOC(=O)c1cc(/C=C/c2cccc(Cl)c2)on1. The summed E-state index contributed by atoms with van der Waals surface area (Å²) in [5, 5.41) is 4.30. The fourth-order valence-corrected chi connectivity index (χ4v) is 1.66. The van der Waals surface area contributed by atoms with E-state index < -0.39 is 5.97 Å². The summed E-state index contributed by atoms with van der Waals surface area (Å²) in [7, 11) is 0. The lowest BCUT2D eigenvalue weighted by Gasteiger charge is -1.94. The molecule has 0 bridgehead atoms. The summed E-state index contributed by atoms with van der Waals surface area (Å²) in [6, 6.07) is 8.91. The van der Waals surface area contributed by atoms with Gasteiger partial charge in [0.2, 0.25) is 0 Å². The fraction of sp³-hybridized carbons (Fsp3) is 0.143. The van der Waals surface area contributed by atoms with E-state index in [0.717, 1.165) is 5.56 Å². The zero-order valence-electron chi connectivity index (χ0n) is 10.3. The van der Waals surface area contributed by atoms with Crippen molar-refractivity contribution in [1.82, 2.24) is 5.16 Å². The third-order valence-electron chi connectivity index (χ3n) is 2.30. The third kappa shape index (κ3) is 3.69. The Morgan fingerprint density at radius 2 is 2.26 bits per heavy atom. The summed E-state index contributed by atoms with van der Waals surface area (Å²) in [5.74, 6) is -0.0170. The van der Waals surface area contributed by atoms with Gasteiger partial charge >= 0.3 is 5.97 Å². The second-order valence-corrected chi connectivity index (χ2v) is 4.16. The van der Waals surface area contributed by atoms with Crippen LogP contribution >= 0.6 is 11.6 Å². The minimum atomic E-state index is -0.492. The van der Waals surface area contributed by atoms with Crippen LogP contribution in [0.2, 0.25) is 5.02 Å². The van der Waals surface area contributed by atoms with Crippen molar-refractivity contribution in [3.05, 3.63) is 52.4 Å². The summed E-state index contributed by atoms with van der Waals surface area (Å²) >= 11 is 5.88. The molecule has 4 nitrogen and oxygen atoms in total. The van der Waals surface area contributed by atoms with Gasteiger partial charge in [0.05, 0.1) is 6.61 Å². The molecule has 0 fully saturated rings. The molecular weight excluding hydrogens is 266 g/mol. The normalized spacial score (nSPS) is 10.8. The van der Waals surface area contributed by atoms with Crippen LogP contribution < -0.4 is 0 Å². The molecule has 0 spiro atoms. The Labute approximate surface area is 115 Å². The first-order valence-corrected chi connectivity index (χ1v) is 6.14. The molecule has 0 amide bonds. The molecule has 98 valence electrons. The van der Waals surface area contributed by atoms with E-state index in [0.29, 0.717) is 17.4 Å². The zero-order valence-corrected chi connectivity index (χ0v) is 11.1. The molecule has 1 aromatic carbocycles. The molecule has 2 rings (SSSR count). The van der Waals surface area contributed by atoms with Crippen LogP contribution in [-0.2, 0) is 4.74 Å². The number of ether oxygens (including phenoxy) is 1. The van der Waals surface area contributed by atoms with Gasteiger partial charge in [-0.3, -0.25) is 0 Å². The van der Waals surface area contributed by atoms with Crippen molar-refractivity contribution < 1.29 is 14.1 Å². The van der Waals surface area contributed by atoms with Crippen LogP contribution in [0.3, 0.4) is 0 Å². The molecule has 0 aliphatic rings. The first-order chi connectivity index (χ1) is 9.19. The molecule has 0 aliphatic carbocycles. The third-order valence-corrected chi connectivity index (χ3v) is 2.54. The van der Waals surface area contributed by atoms with Crippen LogP contribution in [0.4, 0.5) is 0 Å². The largest absolute Gasteiger partial charge is 0.461 e. The minimum Gasteiger partial charge on any atom is -0.461 e. The van der Waals surface area contributed by atoms with Crippen LogP contribution in [0.25, 0.3) is 12.2 Å². The highest BCUT2D eigenvalue weighted by Gasteiger charge is 2.11. The van der Waals surface area contributed by atoms with Crippen LogP contribution in [0.15, 0.2) is 34.9 Å².